The number of benzene rings is 1. The van der Waals surface area contributed by atoms with Crippen LogP contribution in [0, 0.1) is 11.6 Å². The molecule has 1 aromatic carbocycles. The lowest BCUT2D eigenvalue weighted by molar-refractivity contribution is -0.127. The highest BCUT2D eigenvalue weighted by molar-refractivity contribution is 5.95. The van der Waals surface area contributed by atoms with Crippen LogP contribution in [0.2, 0.25) is 0 Å². The van der Waals surface area contributed by atoms with E-state index in [-0.39, 0.29) is 23.6 Å². The van der Waals surface area contributed by atoms with E-state index < -0.39 is 11.6 Å². The van der Waals surface area contributed by atoms with Crippen molar-refractivity contribution in [3.63, 3.8) is 0 Å². The van der Waals surface area contributed by atoms with Gasteiger partial charge in [-0.3, -0.25) is 19.3 Å². The fourth-order valence-corrected chi connectivity index (χ4v) is 5.86. The van der Waals surface area contributed by atoms with E-state index in [0.717, 1.165) is 28.4 Å². The molecule has 9 heteroatoms. The third kappa shape index (κ3) is 4.42. The number of imidazole rings is 1. The first-order valence-electron chi connectivity index (χ1n) is 12.9. The second-order valence-electron chi connectivity index (χ2n) is 9.99. The highest BCUT2D eigenvalue weighted by atomic mass is 19.2. The summed E-state index contributed by atoms with van der Waals surface area (Å²) in [6, 6.07) is 11.7. The second-order valence-corrected chi connectivity index (χ2v) is 9.99. The summed E-state index contributed by atoms with van der Waals surface area (Å²) in [5.41, 5.74) is 3.99. The number of piperidine rings is 1. The normalized spacial score (nSPS) is 19.5. The van der Waals surface area contributed by atoms with Crippen molar-refractivity contribution in [1.82, 2.24) is 24.4 Å². The number of likely N-dealkylation sites (tertiary alicyclic amines) is 1. The summed E-state index contributed by atoms with van der Waals surface area (Å²) in [5, 5.41) is 0. The van der Waals surface area contributed by atoms with Gasteiger partial charge >= 0.3 is 5.69 Å². The number of hydrogen-bond donors (Lipinski definition) is 1. The van der Waals surface area contributed by atoms with Crippen molar-refractivity contribution in [1.29, 1.82) is 0 Å². The number of aromatic amines is 1. The molecule has 1 unspecified atom stereocenters. The maximum absolute atomic E-state index is 14.6. The van der Waals surface area contributed by atoms with E-state index >= 15 is 0 Å². The third-order valence-electron chi connectivity index (χ3n) is 7.77. The largest absolute Gasteiger partial charge is 0.339 e. The molecule has 0 bridgehead atoms. The van der Waals surface area contributed by atoms with Gasteiger partial charge in [-0.25, -0.2) is 18.6 Å². The van der Waals surface area contributed by atoms with Gasteiger partial charge in [0.25, 0.3) is 0 Å². The zero-order chi connectivity index (χ0) is 26.2. The number of fused-ring (bicyclic) bond motifs is 2. The van der Waals surface area contributed by atoms with Crippen LogP contribution in [0.5, 0.6) is 0 Å². The molecule has 1 aliphatic carbocycles. The number of H-pyrrole nitrogens is 1. The summed E-state index contributed by atoms with van der Waals surface area (Å²) < 4.78 is 30.3. The Kier molecular flexibility index (Phi) is 6.35. The predicted octanol–water partition coefficient (Wildman–Crippen LogP) is 4.77. The minimum atomic E-state index is -0.848. The van der Waals surface area contributed by atoms with E-state index in [0.29, 0.717) is 56.4 Å². The van der Waals surface area contributed by atoms with Gasteiger partial charge < -0.3 is 4.90 Å². The first-order chi connectivity index (χ1) is 18.5. The molecule has 2 aliphatic rings. The number of nitrogens with one attached hydrogen (secondary N) is 1. The summed E-state index contributed by atoms with van der Waals surface area (Å²) >= 11 is 0. The Morgan fingerprint density at radius 1 is 1.00 bits per heavy atom. The Balaban J connectivity index is 1.21. The van der Waals surface area contributed by atoms with Gasteiger partial charge in [0.15, 0.2) is 17.3 Å². The lowest BCUT2D eigenvalue weighted by Crippen LogP contribution is -2.39. The Morgan fingerprint density at radius 3 is 2.63 bits per heavy atom. The number of hydrogen-bond acceptors (Lipinski definition) is 4. The number of carbonyl (C=O) groups is 1. The minimum Gasteiger partial charge on any atom is -0.339 e. The number of aromatic nitrogens is 4. The summed E-state index contributed by atoms with van der Waals surface area (Å²) in [6.45, 7) is 1.05. The SMILES string of the molecule is O=C(C=C1CCC(c2cccc(F)c2F)Cc2cccnc21)N1CCC(n2c(=O)[nH]c3ncccc32)CC1. The van der Waals surface area contributed by atoms with Crippen molar-refractivity contribution in [3.8, 4) is 0 Å². The lowest BCUT2D eigenvalue weighted by Gasteiger charge is -2.32. The first-order valence-corrected chi connectivity index (χ1v) is 12.9. The minimum absolute atomic E-state index is 0.0145. The molecule has 1 atom stereocenters. The molecule has 38 heavy (non-hydrogen) atoms. The Hall–Kier alpha value is -4.14. The molecule has 0 saturated carbocycles. The number of amides is 1. The lowest BCUT2D eigenvalue weighted by atomic mass is 9.90. The maximum atomic E-state index is 14.6. The van der Waals surface area contributed by atoms with E-state index in [1.165, 1.54) is 6.07 Å². The van der Waals surface area contributed by atoms with E-state index in [1.54, 1.807) is 34.0 Å². The molecule has 4 aromatic rings. The molecule has 1 amide bonds. The number of rotatable bonds is 3. The van der Waals surface area contributed by atoms with E-state index in [1.807, 2.05) is 24.3 Å². The standard InChI is InChI=1S/C29H27F2N5O2/c30-23-6-1-5-22(26(23)31)18-8-9-20(27-19(16-18)4-2-12-32-27)17-25(37)35-14-10-21(11-15-35)36-24-7-3-13-33-28(24)34-29(36)38/h1-7,12-13,17-18,21H,8-11,14-16H2,(H,33,34,38). The van der Waals surface area contributed by atoms with Crippen LogP contribution in [-0.4, -0.2) is 43.4 Å². The summed E-state index contributed by atoms with van der Waals surface area (Å²) in [7, 11) is 0. The van der Waals surface area contributed by atoms with Crippen LogP contribution < -0.4 is 5.69 Å². The molecule has 3 aromatic heterocycles. The average molecular weight is 516 g/mol. The van der Waals surface area contributed by atoms with Crippen molar-refractivity contribution in [2.24, 2.45) is 0 Å². The fourth-order valence-electron chi connectivity index (χ4n) is 5.86. The van der Waals surface area contributed by atoms with Gasteiger partial charge in [0.2, 0.25) is 5.91 Å². The van der Waals surface area contributed by atoms with Crippen LogP contribution in [0.15, 0.2) is 65.7 Å². The zero-order valence-electron chi connectivity index (χ0n) is 20.7. The van der Waals surface area contributed by atoms with Gasteiger partial charge in [-0.05, 0) is 79.0 Å². The molecular formula is C29H27F2N5O2. The molecule has 6 rings (SSSR count). The number of nitrogens with zero attached hydrogens (tertiary/aromatic N) is 4. The Bertz CT molecular complexity index is 1600. The predicted molar refractivity (Wildman–Crippen MR) is 139 cm³/mol. The van der Waals surface area contributed by atoms with Gasteiger partial charge in [0, 0.05) is 37.6 Å². The smallest absolute Gasteiger partial charge is 0.327 e. The molecule has 7 nitrogen and oxygen atoms in total. The van der Waals surface area contributed by atoms with E-state index in [2.05, 4.69) is 15.0 Å². The first kappa shape index (κ1) is 24.2. The van der Waals surface area contributed by atoms with Crippen LogP contribution in [0.25, 0.3) is 16.7 Å². The van der Waals surface area contributed by atoms with Crippen molar-refractivity contribution in [2.75, 3.05) is 13.1 Å². The molecular weight excluding hydrogens is 488 g/mol. The summed E-state index contributed by atoms with van der Waals surface area (Å²) in [4.78, 5) is 39.3. The van der Waals surface area contributed by atoms with Crippen LogP contribution in [0.3, 0.4) is 0 Å². The van der Waals surface area contributed by atoms with Crippen LogP contribution in [-0.2, 0) is 11.2 Å². The van der Waals surface area contributed by atoms with Crippen LogP contribution in [0.4, 0.5) is 8.78 Å². The summed E-state index contributed by atoms with van der Waals surface area (Å²) in [5.74, 6) is -1.97. The average Bonchev–Trinajstić information content (AvgIpc) is 3.16. The number of carbonyl (C=O) groups excluding carboxylic acids is 1. The van der Waals surface area contributed by atoms with Crippen molar-refractivity contribution in [3.05, 3.63) is 99.9 Å². The van der Waals surface area contributed by atoms with Crippen molar-refractivity contribution in [2.45, 2.75) is 44.1 Å². The van der Waals surface area contributed by atoms with Gasteiger partial charge in [0.05, 0.1) is 11.2 Å². The molecule has 4 heterocycles. The van der Waals surface area contributed by atoms with Crippen molar-refractivity contribution < 1.29 is 13.6 Å². The number of pyridine rings is 2. The van der Waals surface area contributed by atoms with E-state index in [9.17, 15) is 18.4 Å². The highest BCUT2D eigenvalue weighted by Crippen LogP contribution is 2.37. The third-order valence-corrected chi connectivity index (χ3v) is 7.77. The second kappa shape index (κ2) is 9.96. The van der Waals surface area contributed by atoms with E-state index in [4.69, 9.17) is 0 Å². The highest BCUT2D eigenvalue weighted by Gasteiger charge is 2.28. The topological polar surface area (TPSA) is 83.9 Å². The quantitative estimate of drug-likeness (QED) is 0.315. The van der Waals surface area contributed by atoms with Gasteiger partial charge in [0.1, 0.15) is 0 Å². The Morgan fingerprint density at radius 2 is 1.79 bits per heavy atom. The number of halogens is 2. The van der Waals surface area contributed by atoms with Crippen LogP contribution >= 0.6 is 0 Å². The maximum Gasteiger partial charge on any atom is 0.327 e. The molecule has 1 saturated heterocycles. The molecule has 1 N–H and O–H groups in total. The Labute approximate surface area is 217 Å². The van der Waals surface area contributed by atoms with Crippen LogP contribution in [0.1, 0.15) is 54.5 Å². The monoisotopic (exact) mass is 515 g/mol. The molecule has 1 fully saturated rings. The number of allylic oxidation sites excluding steroid dienone is 1. The fraction of sp³-hybridized carbons (Fsp3) is 0.310. The summed E-state index contributed by atoms with van der Waals surface area (Å²) in [6.07, 6.45) is 7.94. The van der Waals surface area contributed by atoms with Crippen molar-refractivity contribution >= 4 is 22.6 Å². The van der Waals surface area contributed by atoms with Gasteiger partial charge in [-0.1, -0.05) is 18.2 Å². The molecule has 0 radical (unpaired) electrons. The molecule has 194 valence electrons. The molecule has 1 aliphatic heterocycles. The van der Waals surface area contributed by atoms with Gasteiger partial charge in [-0.15, -0.1) is 0 Å². The zero-order valence-corrected chi connectivity index (χ0v) is 20.7. The molecule has 0 spiro atoms. The van der Waals surface area contributed by atoms with Gasteiger partial charge in [-0.2, -0.15) is 0 Å².